The zero-order chi connectivity index (χ0) is 9.19. The quantitative estimate of drug-likeness (QED) is 0.680. The van der Waals surface area contributed by atoms with E-state index in [1.165, 1.54) is 0 Å². The zero-order valence-electron chi connectivity index (χ0n) is 8.11. The van der Waals surface area contributed by atoms with Crippen molar-refractivity contribution in [1.82, 2.24) is 5.32 Å². The van der Waals surface area contributed by atoms with Gasteiger partial charge in [-0.05, 0) is 13.3 Å². The van der Waals surface area contributed by atoms with Gasteiger partial charge in [0, 0.05) is 30.2 Å². The number of nitrogens with one attached hydrogen (secondary N) is 1. The Bertz CT molecular complexity index is 216. The van der Waals surface area contributed by atoms with Crippen molar-refractivity contribution in [3.05, 3.63) is 11.8 Å². The third kappa shape index (κ3) is 1.87. The van der Waals surface area contributed by atoms with Crippen molar-refractivity contribution in [1.29, 1.82) is 0 Å². The molecule has 0 aromatic rings. The molecule has 12 heavy (non-hydrogen) atoms. The molecule has 0 unspecified atom stereocenters. The maximum Gasteiger partial charge on any atom is 0.157 e. The molecule has 0 saturated carbocycles. The number of carbonyl (C=O) groups excluding carboxylic acids is 1. The minimum atomic E-state index is 0.157. The van der Waals surface area contributed by atoms with E-state index in [0.29, 0.717) is 6.42 Å². The Morgan fingerprint density at radius 2 is 2.25 bits per heavy atom. The maximum absolute atomic E-state index is 11.1. The van der Waals surface area contributed by atoms with Gasteiger partial charge in [-0.1, -0.05) is 13.8 Å². The summed E-state index contributed by atoms with van der Waals surface area (Å²) < 4.78 is 0. The first-order valence-corrected chi connectivity index (χ1v) is 4.55. The lowest BCUT2D eigenvalue weighted by molar-refractivity contribution is -0.115. The van der Waals surface area contributed by atoms with E-state index in [-0.39, 0.29) is 11.2 Å². The van der Waals surface area contributed by atoms with Crippen LogP contribution in [0.1, 0.15) is 33.6 Å². The molecule has 0 amide bonds. The van der Waals surface area contributed by atoms with Gasteiger partial charge in [0.25, 0.3) is 0 Å². The van der Waals surface area contributed by atoms with Crippen molar-refractivity contribution in [2.24, 2.45) is 5.41 Å². The third-order valence-corrected chi connectivity index (χ3v) is 2.40. The summed E-state index contributed by atoms with van der Waals surface area (Å²) in [5.41, 5.74) is 1.26. The summed E-state index contributed by atoms with van der Waals surface area (Å²) in [6, 6.07) is 0. The number of rotatable bonds is 2. The highest BCUT2D eigenvalue weighted by atomic mass is 16.1. The first-order valence-electron chi connectivity index (χ1n) is 4.55. The molecule has 2 heteroatoms. The largest absolute Gasteiger partial charge is 0.388 e. The Hall–Kier alpha value is -0.790. The summed E-state index contributed by atoms with van der Waals surface area (Å²) in [6.07, 6.45) is 3.42. The number of hydrogen-bond donors (Lipinski definition) is 1. The molecule has 0 aromatic carbocycles. The molecule has 0 fully saturated rings. The lowest BCUT2D eigenvalue weighted by Crippen LogP contribution is -2.31. The Balaban J connectivity index is 2.81. The molecular formula is C10H17NO. The van der Waals surface area contributed by atoms with Crippen LogP contribution in [0.2, 0.25) is 0 Å². The van der Waals surface area contributed by atoms with Crippen LogP contribution < -0.4 is 5.32 Å². The number of allylic oxidation sites excluding steroid dienone is 2. The van der Waals surface area contributed by atoms with Gasteiger partial charge in [-0.3, -0.25) is 4.79 Å². The summed E-state index contributed by atoms with van der Waals surface area (Å²) >= 11 is 0. The van der Waals surface area contributed by atoms with Crippen LogP contribution in [0.15, 0.2) is 11.8 Å². The lowest BCUT2D eigenvalue weighted by atomic mass is 9.79. The fraction of sp³-hybridized carbons (Fsp3) is 0.700. The molecule has 0 bridgehead atoms. The van der Waals surface area contributed by atoms with Crippen LogP contribution in [0.25, 0.3) is 0 Å². The van der Waals surface area contributed by atoms with E-state index in [0.717, 1.165) is 18.7 Å². The lowest BCUT2D eigenvalue weighted by Gasteiger charge is -2.31. The van der Waals surface area contributed by atoms with Crippen LogP contribution in [0.5, 0.6) is 0 Å². The first kappa shape index (κ1) is 9.30. The molecular weight excluding hydrogens is 150 g/mol. The van der Waals surface area contributed by atoms with Gasteiger partial charge < -0.3 is 5.32 Å². The Labute approximate surface area is 74.0 Å². The maximum atomic E-state index is 11.1. The number of carbonyl (C=O) groups is 1. The van der Waals surface area contributed by atoms with Crippen molar-refractivity contribution < 1.29 is 4.79 Å². The van der Waals surface area contributed by atoms with Crippen molar-refractivity contribution in [2.45, 2.75) is 33.6 Å². The third-order valence-electron chi connectivity index (χ3n) is 2.40. The first-order chi connectivity index (χ1) is 5.56. The zero-order valence-corrected chi connectivity index (χ0v) is 8.11. The van der Waals surface area contributed by atoms with Crippen LogP contribution in [0, 0.1) is 5.41 Å². The molecule has 0 saturated heterocycles. The van der Waals surface area contributed by atoms with E-state index in [4.69, 9.17) is 0 Å². The minimum absolute atomic E-state index is 0.157. The second-order valence-corrected chi connectivity index (χ2v) is 3.94. The molecule has 0 aliphatic heterocycles. The number of hydrogen-bond acceptors (Lipinski definition) is 2. The fourth-order valence-electron chi connectivity index (χ4n) is 1.48. The van der Waals surface area contributed by atoms with Gasteiger partial charge in [0.1, 0.15) is 0 Å². The molecule has 68 valence electrons. The monoisotopic (exact) mass is 167 g/mol. The average molecular weight is 167 g/mol. The predicted octanol–water partition coefficient (Wildman–Crippen LogP) is 1.87. The topological polar surface area (TPSA) is 29.1 Å². The smallest absolute Gasteiger partial charge is 0.157 e. The second-order valence-electron chi connectivity index (χ2n) is 3.94. The molecule has 0 atom stereocenters. The molecule has 0 radical (unpaired) electrons. The SMILES string of the molecule is CCNC1=CC(=O)CCC1(C)C. The second kappa shape index (κ2) is 3.30. The van der Waals surface area contributed by atoms with E-state index in [1.54, 1.807) is 6.08 Å². The highest BCUT2D eigenvalue weighted by Gasteiger charge is 2.27. The van der Waals surface area contributed by atoms with E-state index < -0.39 is 0 Å². The summed E-state index contributed by atoms with van der Waals surface area (Å²) in [4.78, 5) is 11.1. The Morgan fingerprint density at radius 1 is 1.58 bits per heavy atom. The summed E-state index contributed by atoms with van der Waals surface area (Å²) in [5, 5.41) is 3.25. The van der Waals surface area contributed by atoms with E-state index >= 15 is 0 Å². The molecule has 1 rings (SSSR count). The van der Waals surface area contributed by atoms with Crippen LogP contribution in [0.4, 0.5) is 0 Å². The highest BCUT2D eigenvalue weighted by molar-refractivity contribution is 5.91. The minimum Gasteiger partial charge on any atom is -0.388 e. The molecule has 1 N–H and O–H groups in total. The standard InChI is InChI=1S/C10H17NO/c1-4-11-9-7-8(12)5-6-10(9,2)3/h7,11H,4-6H2,1-3H3. The Morgan fingerprint density at radius 3 is 2.83 bits per heavy atom. The van der Waals surface area contributed by atoms with Crippen LogP contribution in [-0.4, -0.2) is 12.3 Å². The van der Waals surface area contributed by atoms with E-state index in [2.05, 4.69) is 26.1 Å². The van der Waals surface area contributed by atoms with Crippen LogP contribution in [0.3, 0.4) is 0 Å². The van der Waals surface area contributed by atoms with Gasteiger partial charge >= 0.3 is 0 Å². The molecule has 0 heterocycles. The fourth-order valence-corrected chi connectivity index (χ4v) is 1.48. The van der Waals surface area contributed by atoms with Crippen molar-refractivity contribution >= 4 is 5.78 Å². The summed E-state index contributed by atoms with van der Waals surface area (Å²) in [5.74, 6) is 0.255. The van der Waals surface area contributed by atoms with Gasteiger partial charge in [-0.15, -0.1) is 0 Å². The molecule has 2 nitrogen and oxygen atoms in total. The summed E-state index contributed by atoms with van der Waals surface area (Å²) in [7, 11) is 0. The summed E-state index contributed by atoms with van der Waals surface area (Å²) in [6.45, 7) is 7.29. The molecule has 0 spiro atoms. The van der Waals surface area contributed by atoms with E-state index in [1.807, 2.05) is 0 Å². The van der Waals surface area contributed by atoms with Crippen molar-refractivity contribution in [2.75, 3.05) is 6.54 Å². The van der Waals surface area contributed by atoms with Gasteiger partial charge in [-0.2, -0.15) is 0 Å². The van der Waals surface area contributed by atoms with Gasteiger partial charge in [0.15, 0.2) is 5.78 Å². The normalized spacial score (nSPS) is 21.9. The Kier molecular flexibility index (Phi) is 2.55. The highest BCUT2D eigenvalue weighted by Crippen LogP contribution is 2.33. The van der Waals surface area contributed by atoms with Crippen LogP contribution in [-0.2, 0) is 4.79 Å². The predicted molar refractivity (Wildman–Crippen MR) is 49.8 cm³/mol. The van der Waals surface area contributed by atoms with Gasteiger partial charge in [0.2, 0.25) is 0 Å². The van der Waals surface area contributed by atoms with Gasteiger partial charge in [-0.25, -0.2) is 0 Å². The molecule has 0 aromatic heterocycles. The molecule has 1 aliphatic rings. The number of ketones is 1. The van der Waals surface area contributed by atoms with Crippen LogP contribution >= 0.6 is 0 Å². The van der Waals surface area contributed by atoms with Crippen molar-refractivity contribution in [3.8, 4) is 0 Å². The van der Waals surface area contributed by atoms with Crippen molar-refractivity contribution in [3.63, 3.8) is 0 Å². The average Bonchev–Trinajstić information content (AvgIpc) is 1.98. The molecule has 1 aliphatic carbocycles. The van der Waals surface area contributed by atoms with E-state index in [9.17, 15) is 4.79 Å². The van der Waals surface area contributed by atoms with Gasteiger partial charge in [0.05, 0.1) is 0 Å².